The maximum atomic E-state index is 11.8. The van der Waals surface area contributed by atoms with Crippen LogP contribution < -0.4 is 11.3 Å². The lowest BCUT2D eigenvalue weighted by Crippen LogP contribution is -2.27. The van der Waals surface area contributed by atoms with E-state index in [9.17, 15) is 4.79 Å². The highest BCUT2D eigenvalue weighted by Crippen LogP contribution is 2.12. The van der Waals surface area contributed by atoms with Gasteiger partial charge >= 0.3 is 0 Å². The Balaban J connectivity index is 0.00000120. The molecule has 0 bridgehead atoms. The first-order chi connectivity index (χ1) is 8.22. The number of rotatable bonds is 2. The third-order valence-corrected chi connectivity index (χ3v) is 3.81. The fourth-order valence-electron chi connectivity index (χ4n) is 2.20. The third kappa shape index (κ3) is 2.56. The fourth-order valence-corrected chi connectivity index (χ4v) is 2.94. The van der Waals surface area contributed by atoms with Gasteiger partial charge in [0.05, 0.1) is 5.69 Å². The minimum absolute atomic E-state index is 0. The molecule has 1 saturated heterocycles. The van der Waals surface area contributed by atoms with E-state index < -0.39 is 0 Å². The number of nitrogens with two attached hydrogens (primary N) is 1. The van der Waals surface area contributed by atoms with Gasteiger partial charge < -0.3 is 5.73 Å². The van der Waals surface area contributed by atoms with Crippen LogP contribution in [0, 0.1) is 0 Å². The second-order valence-corrected chi connectivity index (χ2v) is 5.30. The molecular formula is C11H15ClN4OS. The standard InChI is InChI=1S/C11H14N4OS.ClH/c12-8-1-2-14(6-8)7-9-5-10(16)15-3-4-17-11(15)13-9;/h3-5,8H,1-2,6-7,12H2;1H/t8-;/m0./s1. The second-order valence-electron chi connectivity index (χ2n) is 4.43. The Labute approximate surface area is 115 Å². The fraction of sp³-hybridized carbons (Fsp3) is 0.455. The van der Waals surface area contributed by atoms with Gasteiger partial charge in [-0.05, 0) is 6.42 Å². The van der Waals surface area contributed by atoms with Crippen LogP contribution in [0.3, 0.4) is 0 Å². The van der Waals surface area contributed by atoms with Gasteiger partial charge in [-0.25, -0.2) is 4.98 Å². The third-order valence-electron chi connectivity index (χ3n) is 3.05. The summed E-state index contributed by atoms with van der Waals surface area (Å²) < 4.78 is 1.57. The Morgan fingerprint density at radius 1 is 1.56 bits per heavy atom. The van der Waals surface area contributed by atoms with Crippen molar-refractivity contribution >= 4 is 28.7 Å². The molecule has 0 spiro atoms. The second kappa shape index (κ2) is 5.36. The van der Waals surface area contributed by atoms with Crippen molar-refractivity contribution in [3.05, 3.63) is 33.7 Å². The zero-order chi connectivity index (χ0) is 11.8. The lowest BCUT2D eigenvalue weighted by atomic mass is 10.3. The molecule has 2 aromatic rings. The van der Waals surface area contributed by atoms with Crippen molar-refractivity contribution in [2.24, 2.45) is 5.73 Å². The highest BCUT2D eigenvalue weighted by atomic mass is 35.5. The van der Waals surface area contributed by atoms with Crippen LogP contribution in [0.5, 0.6) is 0 Å². The number of aromatic nitrogens is 2. The van der Waals surface area contributed by atoms with E-state index in [0.717, 1.165) is 36.7 Å². The summed E-state index contributed by atoms with van der Waals surface area (Å²) in [5.74, 6) is 0. The number of thiazole rings is 1. The summed E-state index contributed by atoms with van der Waals surface area (Å²) in [5, 5.41) is 1.87. The normalized spacial score (nSPS) is 20.2. The van der Waals surface area contributed by atoms with Crippen molar-refractivity contribution in [1.29, 1.82) is 0 Å². The van der Waals surface area contributed by atoms with Crippen molar-refractivity contribution < 1.29 is 0 Å². The molecule has 0 amide bonds. The smallest absolute Gasteiger partial charge is 0.258 e. The lowest BCUT2D eigenvalue weighted by Gasteiger charge is -2.13. The van der Waals surface area contributed by atoms with Gasteiger partial charge in [0.15, 0.2) is 4.96 Å². The molecule has 1 aliphatic rings. The average molecular weight is 287 g/mol. The Morgan fingerprint density at radius 3 is 3.11 bits per heavy atom. The van der Waals surface area contributed by atoms with E-state index in [4.69, 9.17) is 5.73 Å². The SMILES string of the molecule is Cl.N[C@H]1CCN(Cc2cc(=O)n3ccsc3n2)C1. The number of nitrogens with zero attached hydrogens (tertiary/aromatic N) is 3. The summed E-state index contributed by atoms with van der Waals surface area (Å²) in [7, 11) is 0. The molecule has 0 aromatic carbocycles. The minimum atomic E-state index is -0.00487. The zero-order valence-electron chi connectivity index (χ0n) is 9.78. The van der Waals surface area contributed by atoms with Crippen LogP contribution >= 0.6 is 23.7 Å². The van der Waals surface area contributed by atoms with Crippen molar-refractivity contribution in [1.82, 2.24) is 14.3 Å². The zero-order valence-corrected chi connectivity index (χ0v) is 11.4. The van der Waals surface area contributed by atoms with Crippen molar-refractivity contribution in [2.45, 2.75) is 19.0 Å². The number of hydrogen-bond acceptors (Lipinski definition) is 5. The summed E-state index contributed by atoms with van der Waals surface area (Å²) in [6.45, 7) is 2.61. The van der Waals surface area contributed by atoms with Crippen LogP contribution in [0.25, 0.3) is 4.96 Å². The highest BCUT2D eigenvalue weighted by molar-refractivity contribution is 7.15. The lowest BCUT2D eigenvalue weighted by molar-refractivity contribution is 0.323. The first-order valence-electron chi connectivity index (χ1n) is 5.66. The van der Waals surface area contributed by atoms with Crippen molar-refractivity contribution in [2.75, 3.05) is 13.1 Å². The molecule has 1 fully saturated rings. The quantitative estimate of drug-likeness (QED) is 0.883. The Bertz CT molecular complexity index is 596. The van der Waals surface area contributed by atoms with E-state index in [1.165, 1.54) is 11.3 Å². The molecule has 0 radical (unpaired) electrons. The van der Waals surface area contributed by atoms with Gasteiger partial charge in [0, 0.05) is 43.3 Å². The van der Waals surface area contributed by atoms with Gasteiger partial charge in [-0.1, -0.05) is 0 Å². The molecule has 2 N–H and O–H groups in total. The molecule has 18 heavy (non-hydrogen) atoms. The Morgan fingerprint density at radius 2 is 2.39 bits per heavy atom. The van der Waals surface area contributed by atoms with Crippen molar-refractivity contribution in [3.8, 4) is 0 Å². The number of hydrogen-bond donors (Lipinski definition) is 1. The van der Waals surface area contributed by atoms with Crippen LogP contribution in [-0.2, 0) is 6.54 Å². The molecular weight excluding hydrogens is 272 g/mol. The molecule has 3 heterocycles. The summed E-state index contributed by atoms with van der Waals surface area (Å²) >= 11 is 1.48. The van der Waals surface area contributed by atoms with E-state index in [1.54, 1.807) is 16.7 Å². The van der Waals surface area contributed by atoms with Crippen LogP contribution in [0.4, 0.5) is 0 Å². The predicted octanol–water partition coefficient (Wildman–Crippen LogP) is 0.711. The predicted molar refractivity (Wildman–Crippen MR) is 74.5 cm³/mol. The van der Waals surface area contributed by atoms with Gasteiger partial charge in [0.1, 0.15) is 0 Å². The molecule has 7 heteroatoms. The highest BCUT2D eigenvalue weighted by Gasteiger charge is 2.19. The summed E-state index contributed by atoms with van der Waals surface area (Å²) in [6, 6.07) is 1.88. The maximum Gasteiger partial charge on any atom is 0.258 e. The molecule has 2 aromatic heterocycles. The summed E-state index contributed by atoms with van der Waals surface area (Å²) in [6.07, 6.45) is 2.78. The van der Waals surface area contributed by atoms with Gasteiger partial charge in [0.25, 0.3) is 5.56 Å². The van der Waals surface area contributed by atoms with E-state index in [1.807, 2.05) is 5.38 Å². The monoisotopic (exact) mass is 286 g/mol. The molecule has 0 aliphatic carbocycles. The Hall–Kier alpha value is -0.950. The number of fused-ring (bicyclic) bond motifs is 1. The topological polar surface area (TPSA) is 63.6 Å². The summed E-state index contributed by atoms with van der Waals surface area (Å²) in [5.41, 5.74) is 6.69. The van der Waals surface area contributed by atoms with Gasteiger partial charge in [-0.15, -0.1) is 23.7 Å². The van der Waals surface area contributed by atoms with Gasteiger partial charge in [-0.2, -0.15) is 0 Å². The van der Waals surface area contributed by atoms with E-state index in [0.29, 0.717) is 0 Å². The maximum absolute atomic E-state index is 11.8. The number of likely N-dealkylation sites (tertiary alicyclic amines) is 1. The van der Waals surface area contributed by atoms with E-state index in [2.05, 4.69) is 9.88 Å². The van der Waals surface area contributed by atoms with Crippen LogP contribution in [0.2, 0.25) is 0 Å². The van der Waals surface area contributed by atoms with Crippen LogP contribution in [0.1, 0.15) is 12.1 Å². The van der Waals surface area contributed by atoms with Gasteiger partial charge in [-0.3, -0.25) is 14.1 Å². The van der Waals surface area contributed by atoms with Gasteiger partial charge in [0.2, 0.25) is 0 Å². The minimum Gasteiger partial charge on any atom is -0.326 e. The van der Waals surface area contributed by atoms with Crippen LogP contribution in [0.15, 0.2) is 22.4 Å². The molecule has 0 saturated carbocycles. The molecule has 1 atom stereocenters. The molecule has 98 valence electrons. The van der Waals surface area contributed by atoms with Crippen molar-refractivity contribution in [3.63, 3.8) is 0 Å². The first kappa shape index (κ1) is 13.5. The Kier molecular flexibility index (Phi) is 4.01. The molecule has 5 nitrogen and oxygen atoms in total. The van der Waals surface area contributed by atoms with E-state index in [-0.39, 0.29) is 24.0 Å². The molecule has 1 aliphatic heterocycles. The average Bonchev–Trinajstić information content (AvgIpc) is 2.87. The summed E-state index contributed by atoms with van der Waals surface area (Å²) in [4.78, 5) is 19.3. The first-order valence-corrected chi connectivity index (χ1v) is 6.54. The number of halogens is 1. The molecule has 3 rings (SSSR count). The molecule has 0 unspecified atom stereocenters. The van der Waals surface area contributed by atoms with E-state index >= 15 is 0 Å². The van der Waals surface area contributed by atoms with Crippen LogP contribution in [-0.4, -0.2) is 33.4 Å². The largest absolute Gasteiger partial charge is 0.326 e.